The van der Waals surface area contributed by atoms with Crippen molar-refractivity contribution in [3.63, 3.8) is 0 Å². The van der Waals surface area contributed by atoms with Crippen LogP contribution < -0.4 is 10.6 Å². The fraction of sp³-hybridized carbons (Fsp3) is 0.579. The van der Waals surface area contributed by atoms with Crippen LogP contribution in [0.25, 0.3) is 0 Å². The number of benzene rings is 1. The van der Waals surface area contributed by atoms with E-state index in [-0.39, 0.29) is 42.3 Å². The molecule has 1 aromatic rings. The number of likely N-dealkylation sites (tertiary alicyclic amines) is 1. The van der Waals surface area contributed by atoms with Gasteiger partial charge in [0.15, 0.2) is 15.8 Å². The largest absolute Gasteiger partial charge is 0.444 e. The van der Waals surface area contributed by atoms with Gasteiger partial charge in [-0.05, 0) is 39.3 Å². The summed E-state index contributed by atoms with van der Waals surface area (Å²) < 4.78 is 30.0. The highest BCUT2D eigenvalue weighted by atomic mass is 127. The predicted octanol–water partition coefficient (Wildman–Crippen LogP) is 2.25. The zero-order chi connectivity index (χ0) is 20.8. The molecule has 2 N–H and O–H groups in total. The van der Waals surface area contributed by atoms with Gasteiger partial charge in [0, 0.05) is 26.7 Å². The van der Waals surface area contributed by atoms with Crippen molar-refractivity contribution in [2.24, 2.45) is 4.99 Å². The number of guanidine groups is 1. The summed E-state index contributed by atoms with van der Waals surface area (Å²) in [6.45, 7) is 7.02. The van der Waals surface area contributed by atoms with Crippen molar-refractivity contribution in [1.82, 2.24) is 15.5 Å². The quantitative estimate of drug-likeness (QED) is 0.339. The Morgan fingerprint density at radius 2 is 1.93 bits per heavy atom. The Labute approximate surface area is 190 Å². The van der Waals surface area contributed by atoms with E-state index in [1.54, 1.807) is 37.4 Å². The van der Waals surface area contributed by atoms with Gasteiger partial charge in [-0.3, -0.25) is 4.99 Å². The number of nitrogens with zero attached hydrogens (tertiary/aromatic N) is 2. The van der Waals surface area contributed by atoms with Crippen molar-refractivity contribution in [2.75, 3.05) is 32.4 Å². The molecule has 0 saturated carbocycles. The first kappa shape index (κ1) is 25.5. The fourth-order valence-corrected chi connectivity index (χ4v) is 4.10. The molecule has 0 bridgehead atoms. The van der Waals surface area contributed by atoms with E-state index in [2.05, 4.69) is 15.6 Å². The minimum Gasteiger partial charge on any atom is -0.444 e. The SMILES string of the molecule is CN=C(NCCS(=O)(=O)c1ccccc1)N1CCC(NC(=O)OC(C)(C)C)C1.I. The summed E-state index contributed by atoms with van der Waals surface area (Å²) in [5.74, 6) is 0.598. The van der Waals surface area contributed by atoms with Crippen LogP contribution in [0.4, 0.5) is 4.79 Å². The van der Waals surface area contributed by atoms with Gasteiger partial charge in [0.2, 0.25) is 0 Å². The van der Waals surface area contributed by atoms with E-state index >= 15 is 0 Å². The lowest BCUT2D eigenvalue weighted by molar-refractivity contribution is 0.0507. The Bertz CT molecular complexity index is 794. The molecule has 1 aliphatic heterocycles. The molecule has 2 rings (SSSR count). The monoisotopic (exact) mass is 538 g/mol. The molecule has 1 saturated heterocycles. The highest BCUT2D eigenvalue weighted by molar-refractivity contribution is 14.0. The zero-order valence-electron chi connectivity index (χ0n) is 17.3. The zero-order valence-corrected chi connectivity index (χ0v) is 20.5. The molecule has 8 nitrogen and oxygen atoms in total. The molecule has 0 spiro atoms. The van der Waals surface area contributed by atoms with Crippen molar-refractivity contribution in [3.05, 3.63) is 30.3 Å². The number of carbonyl (C=O) groups excluding carboxylic acids is 1. The summed E-state index contributed by atoms with van der Waals surface area (Å²) in [6, 6.07) is 8.35. The number of carbonyl (C=O) groups is 1. The Morgan fingerprint density at radius 1 is 1.28 bits per heavy atom. The Balaban J connectivity index is 0.00000420. The number of ether oxygens (including phenoxy) is 1. The standard InChI is InChI=1S/C19H30N4O4S.HI/c1-19(2,3)27-18(24)22-15-10-12-23(14-15)17(20-4)21-11-13-28(25,26)16-8-6-5-7-9-16;/h5-9,15H,10-14H2,1-4H3,(H,20,21)(H,22,24);1H. The Kier molecular flexibility index (Phi) is 9.66. The van der Waals surface area contributed by atoms with Crippen LogP contribution in [0.1, 0.15) is 27.2 Å². The van der Waals surface area contributed by atoms with Crippen molar-refractivity contribution in [3.8, 4) is 0 Å². The van der Waals surface area contributed by atoms with Crippen molar-refractivity contribution >= 4 is 45.9 Å². The molecule has 10 heteroatoms. The summed E-state index contributed by atoms with van der Waals surface area (Å²) in [7, 11) is -1.69. The average molecular weight is 538 g/mol. The van der Waals surface area contributed by atoms with Crippen LogP contribution in [0.3, 0.4) is 0 Å². The number of amides is 1. The number of rotatable bonds is 5. The molecule has 0 aliphatic carbocycles. The van der Waals surface area contributed by atoms with E-state index in [4.69, 9.17) is 4.74 Å². The lowest BCUT2D eigenvalue weighted by atomic mass is 10.2. The number of hydrogen-bond donors (Lipinski definition) is 2. The third kappa shape index (κ3) is 8.37. The van der Waals surface area contributed by atoms with E-state index in [0.717, 1.165) is 6.42 Å². The number of hydrogen-bond acceptors (Lipinski definition) is 5. The second-order valence-electron chi connectivity index (χ2n) is 7.68. The second-order valence-corrected chi connectivity index (χ2v) is 9.79. The highest BCUT2D eigenvalue weighted by Gasteiger charge is 2.28. The second kappa shape index (κ2) is 11.0. The molecule has 1 aromatic carbocycles. The summed E-state index contributed by atoms with van der Waals surface area (Å²) in [5.41, 5.74) is -0.537. The lowest BCUT2D eigenvalue weighted by Gasteiger charge is -2.23. The first-order valence-corrected chi connectivity index (χ1v) is 11.0. The summed E-state index contributed by atoms with van der Waals surface area (Å²) in [5, 5.41) is 5.97. The van der Waals surface area contributed by atoms with Crippen LogP contribution in [-0.4, -0.2) is 69.4 Å². The molecule has 1 amide bonds. The van der Waals surface area contributed by atoms with Gasteiger partial charge >= 0.3 is 6.09 Å². The normalized spacial score (nSPS) is 17.4. The molecule has 0 radical (unpaired) electrons. The highest BCUT2D eigenvalue weighted by Crippen LogP contribution is 2.12. The van der Waals surface area contributed by atoms with E-state index in [9.17, 15) is 13.2 Å². The van der Waals surface area contributed by atoms with Crippen LogP contribution in [0.5, 0.6) is 0 Å². The third-order valence-corrected chi connectivity index (χ3v) is 5.91. The molecule has 1 unspecified atom stereocenters. The first-order chi connectivity index (χ1) is 13.1. The summed E-state index contributed by atoms with van der Waals surface area (Å²) in [4.78, 5) is 18.5. The average Bonchev–Trinajstić information content (AvgIpc) is 3.06. The van der Waals surface area contributed by atoms with Crippen LogP contribution in [-0.2, 0) is 14.6 Å². The minimum atomic E-state index is -3.34. The van der Waals surface area contributed by atoms with Gasteiger partial charge in [-0.1, -0.05) is 18.2 Å². The van der Waals surface area contributed by atoms with E-state index in [1.165, 1.54) is 0 Å². The number of aliphatic imine (C=N–C) groups is 1. The predicted molar refractivity (Wildman–Crippen MR) is 125 cm³/mol. The van der Waals surface area contributed by atoms with E-state index < -0.39 is 21.5 Å². The van der Waals surface area contributed by atoms with Gasteiger partial charge in [-0.2, -0.15) is 0 Å². The fourth-order valence-electron chi connectivity index (χ4n) is 2.92. The van der Waals surface area contributed by atoms with Gasteiger partial charge in [0.1, 0.15) is 5.60 Å². The molecule has 1 heterocycles. The number of nitrogens with one attached hydrogen (secondary N) is 2. The smallest absolute Gasteiger partial charge is 0.407 e. The number of alkyl carbamates (subject to hydrolysis) is 1. The lowest BCUT2D eigenvalue weighted by Crippen LogP contribution is -2.45. The van der Waals surface area contributed by atoms with Gasteiger partial charge in [-0.25, -0.2) is 13.2 Å². The van der Waals surface area contributed by atoms with Gasteiger partial charge in [-0.15, -0.1) is 24.0 Å². The van der Waals surface area contributed by atoms with Gasteiger partial charge < -0.3 is 20.3 Å². The van der Waals surface area contributed by atoms with Crippen molar-refractivity contribution < 1.29 is 17.9 Å². The topological polar surface area (TPSA) is 100 Å². The maximum Gasteiger partial charge on any atom is 0.407 e. The van der Waals surface area contributed by atoms with E-state index in [1.807, 2.05) is 25.7 Å². The van der Waals surface area contributed by atoms with E-state index in [0.29, 0.717) is 23.9 Å². The molecule has 1 fully saturated rings. The van der Waals surface area contributed by atoms with Crippen LogP contribution in [0.15, 0.2) is 40.2 Å². The molecule has 164 valence electrons. The molecule has 29 heavy (non-hydrogen) atoms. The number of sulfone groups is 1. The molecule has 1 aliphatic rings. The molecular weight excluding hydrogens is 507 g/mol. The van der Waals surface area contributed by atoms with Crippen LogP contribution in [0.2, 0.25) is 0 Å². The van der Waals surface area contributed by atoms with Crippen molar-refractivity contribution in [1.29, 1.82) is 0 Å². The maximum atomic E-state index is 12.4. The Hall–Kier alpha value is -1.56. The van der Waals surface area contributed by atoms with Gasteiger partial charge in [0.05, 0.1) is 16.7 Å². The molecule has 0 aromatic heterocycles. The molecule has 1 atom stereocenters. The van der Waals surface area contributed by atoms with Gasteiger partial charge in [0.25, 0.3) is 0 Å². The van der Waals surface area contributed by atoms with Crippen LogP contribution >= 0.6 is 24.0 Å². The third-order valence-electron chi connectivity index (χ3n) is 4.18. The summed E-state index contributed by atoms with van der Waals surface area (Å²) in [6.07, 6.45) is 0.332. The maximum absolute atomic E-state index is 12.4. The Morgan fingerprint density at radius 3 is 2.52 bits per heavy atom. The van der Waals surface area contributed by atoms with Crippen LogP contribution in [0, 0.1) is 0 Å². The minimum absolute atomic E-state index is 0. The summed E-state index contributed by atoms with van der Waals surface area (Å²) >= 11 is 0. The number of halogens is 1. The molecular formula is C19H31IN4O4S. The first-order valence-electron chi connectivity index (χ1n) is 9.33. The van der Waals surface area contributed by atoms with Crippen molar-refractivity contribution in [2.45, 2.75) is 43.7 Å².